The standard InChI is InChI=1S/C20H30N2O3/c1-15(23)17-8-7-11-19(14-17)25-16(2)20(24)22-13-12-21-18-9-5-3-4-6-10-18/h7-8,11,14,16,18,21H,3-6,9-10,12-13H2,1-2H3,(H,22,24). The average Bonchev–Trinajstić information content (AvgIpc) is 2.87. The molecule has 1 saturated carbocycles. The quantitative estimate of drug-likeness (QED) is 0.431. The van der Waals surface area contributed by atoms with Gasteiger partial charge in [0.25, 0.3) is 5.91 Å². The molecule has 5 heteroatoms. The first-order chi connectivity index (χ1) is 12.1. The number of benzene rings is 1. The van der Waals surface area contributed by atoms with Gasteiger partial charge in [0.2, 0.25) is 0 Å². The van der Waals surface area contributed by atoms with Gasteiger partial charge in [-0.15, -0.1) is 0 Å². The van der Waals surface area contributed by atoms with Gasteiger partial charge in [-0.05, 0) is 38.8 Å². The molecule has 25 heavy (non-hydrogen) atoms. The Morgan fingerprint density at radius 3 is 2.56 bits per heavy atom. The van der Waals surface area contributed by atoms with Crippen molar-refractivity contribution in [2.24, 2.45) is 0 Å². The van der Waals surface area contributed by atoms with Crippen molar-refractivity contribution in [1.82, 2.24) is 10.6 Å². The molecule has 138 valence electrons. The smallest absolute Gasteiger partial charge is 0.260 e. The first-order valence-electron chi connectivity index (χ1n) is 9.35. The van der Waals surface area contributed by atoms with Gasteiger partial charge in [0.05, 0.1) is 0 Å². The van der Waals surface area contributed by atoms with E-state index < -0.39 is 6.10 Å². The van der Waals surface area contributed by atoms with Crippen LogP contribution in [0, 0.1) is 0 Å². The maximum Gasteiger partial charge on any atom is 0.260 e. The topological polar surface area (TPSA) is 67.4 Å². The Bertz CT molecular complexity index is 566. The highest BCUT2D eigenvalue weighted by Crippen LogP contribution is 2.17. The van der Waals surface area contributed by atoms with Crippen molar-refractivity contribution >= 4 is 11.7 Å². The number of hydrogen-bond donors (Lipinski definition) is 2. The van der Waals surface area contributed by atoms with Crippen LogP contribution in [-0.4, -0.2) is 36.9 Å². The Morgan fingerprint density at radius 1 is 1.16 bits per heavy atom. The summed E-state index contributed by atoms with van der Waals surface area (Å²) in [6.45, 7) is 4.60. The van der Waals surface area contributed by atoms with Gasteiger partial charge in [-0.3, -0.25) is 9.59 Å². The van der Waals surface area contributed by atoms with Crippen LogP contribution >= 0.6 is 0 Å². The van der Waals surface area contributed by atoms with Gasteiger partial charge in [0, 0.05) is 24.7 Å². The van der Waals surface area contributed by atoms with Gasteiger partial charge >= 0.3 is 0 Å². The molecule has 1 atom stereocenters. The van der Waals surface area contributed by atoms with E-state index in [0.717, 1.165) is 6.54 Å². The van der Waals surface area contributed by atoms with Crippen molar-refractivity contribution in [3.8, 4) is 5.75 Å². The second kappa shape index (κ2) is 10.2. The molecule has 0 aromatic heterocycles. The fourth-order valence-electron chi connectivity index (χ4n) is 3.14. The summed E-state index contributed by atoms with van der Waals surface area (Å²) in [6.07, 6.45) is 7.16. The summed E-state index contributed by atoms with van der Waals surface area (Å²) in [4.78, 5) is 23.5. The molecule has 1 aliphatic carbocycles. The third kappa shape index (κ3) is 6.86. The highest BCUT2D eigenvalue weighted by atomic mass is 16.5. The van der Waals surface area contributed by atoms with E-state index in [1.54, 1.807) is 31.2 Å². The number of nitrogens with one attached hydrogen (secondary N) is 2. The maximum absolute atomic E-state index is 12.1. The summed E-state index contributed by atoms with van der Waals surface area (Å²) in [5.41, 5.74) is 0.581. The molecule has 5 nitrogen and oxygen atoms in total. The number of amides is 1. The number of carbonyl (C=O) groups excluding carboxylic acids is 2. The minimum absolute atomic E-state index is 0.0212. The molecule has 2 rings (SSSR count). The summed E-state index contributed by atoms with van der Waals surface area (Å²) in [5, 5.41) is 6.43. The molecule has 2 N–H and O–H groups in total. The molecule has 0 aliphatic heterocycles. The van der Waals surface area contributed by atoms with E-state index in [4.69, 9.17) is 4.74 Å². The molecule has 0 spiro atoms. The van der Waals surface area contributed by atoms with Crippen molar-refractivity contribution in [3.05, 3.63) is 29.8 Å². The number of hydrogen-bond acceptors (Lipinski definition) is 4. The fourth-order valence-corrected chi connectivity index (χ4v) is 3.14. The van der Waals surface area contributed by atoms with E-state index >= 15 is 0 Å². The Labute approximate surface area is 150 Å². The van der Waals surface area contributed by atoms with Gasteiger partial charge < -0.3 is 15.4 Å². The molecule has 1 unspecified atom stereocenters. The number of ether oxygens (including phenoxy) is 1. The van der Waals surface area contributed by atoms with Crippen molar-refractivity contribution in [2.45, 2.75) is 64.5 Å². The van der Waals surface area contributed by atoms with Crippen LogP contribution in [0.15, 0.2) is 24.3 Å². The van der Waals surface area contributed by atoms with E-state index in [9.17, 15) is 9.59 Å². The van der Waals surface area contributed by atoms with Crippen molar-refractivity contribution in [3.63, 3.8) is 0 Å². The molecule has 1 aromatic carbocycles. The fraction of sp³-hybridized carbons (Fsp3) is 0.600. The predicted molar refractivity (Wildman–Crippen MR) is 99.0 cm³/mol. The first-order valence-corrected chi connectivity index (χ1v) is 9.35. The predicted octanol–water partition coefficient (Wildman–Crippen LogP) is 3.09. The van der Waals surface area contributed by atoms with E-state index in [0.29, 0.717) is 23.9 Å². The maximum atomic E-state index is 12.1. The van der Waals surface area contributed by atoms with E-state index in [2.05, 4.69) is 10.6 Å². The zero-order chi connectivity index (χ0) is 18.1. The zero-order valence-corrected chi connectivity index (χ0v) is 15.3. The first kappa shape index (κ1) is 19.4. The van der Waals surface area contributed by atoms with Gasteiger partial charge in [0.15, 0.2) is 11.9 Å². The molecule has 0 heterocycles. The molecule has 1 amide bonds. The third-order valence-electron chi connectivity index (χ3n) is 4.64. The molecular formula is C20H30N2O3. The molecule has 0 saturated heterocycles. The second-order valence-corrected chi connectivity index (χ2v) is 6.78. The Balaban J connectivity index is 1.69. The van der Waals surface area contributed by atoms with Gasteiger partial charge in [-0.1, -0.05) is 37.8 Å². The molecular weight excluding hydrogens is 316 g/mol. The van der Waals surface area contributed by atoms with Crippen LogP contribution in [0.5, 0.6) is 5.75 Å². The van der Waals surface area contributed by atoms with Gasteiger partial charge in [-0.25, -0.2) is 0 Å². The van der Waals surface area contributed by atoms with Gasteiger partial charge in [0.1, 0.15) is 5.75 Å². The molecule has 1 aromatic rings. The van der Waals surface area contributed by atoms with Crippen LogP contribution in [0.2, 0.25) is 0 Å². The van der Waals surface area contributed by atoms with Crippen LogP contribution in [0.1, 0.15) is 62.7 Å². The van der Waals surface area contributed by atoms with Crippen molar-refractivity contribution in [1.29, 1.82) is 0 Å². The normalized spacial score (nSPS) is 16.7. The van der Waals surface area contributed by atoms with Gasteiger partial charge in [-0.2, -0.15) is 0 Å². The number of Topliss-reactive ketones (excluding diaryl/α,β-unsaturated/α-hetero) is 1. The van der Waals surface area contributed by atoms with Crippen LogP contribution in [0.3, 0.4) is 0 Å². The zero-order valence-electron chi connectivity index (χ0n) is 15.3. The summed E-state index contributed by atoms with van der Waals surface area (Å²) in [6, 6.07) is 7.50. The monoisotopic (exact) mass is 346 g/mol. The lowest BCUT2D eigenvalue weighted by Gasteiger charge is -2.18. The minimum atomic E-state index is -0.597. The lowest BCUT2D eigenvalue weighted by molar-refractivity contribution is -0.127. The molecule has 0 radical (unpaired) electrons. The van der Waals surface area contributed by atoms with E-state index in [1.165, 1.54) is 45.4 Å². The van der Waals surface area contributed by atoms with Crippen molar-refractivity contribution < 1.29 is 14.3 Å². The van der Waals surface area contributed by atoms with Crippen LogP contribution < -0.4 is 15.4 Å². The van der Waals surface area contributed by atoms with E-state index in [-0.39, 0.29) is 11.7 Å². The average molecular weight is 346 g/mol. The second-order valence-electron chi connectivity index (χ2n) is 6.78. The molecule has 1 aliphatic rings. The van der Waals surface area contributed by atoms with Crippen molar-refractivity contribution in [2.75, 3.05) is 13.1 Å². The third-order valence-corrected chi connectivity index (χ3v) is 4.64. The summed E-state index contributed by atoms with van der Waals surface area (Å²) in [5.74, 6) is 0.370. The van der Waals surface area contributed by atoms with Crippen LogP contribution in [0.4, 0.5) is 0 Å². The highest BCUT2D eigenvalue weighted by molar-refractivity contribution is 5.94. The lowest BCUT2D eigenvalue weighted by Crippen LogP contribution is -2.41. The molecule has 0 bridgehead atoms. The Kier molecular flexibility index (Phi) is 7.92. The Hall–Kier alpha value is -1.88. The largest absolute Gasteiger partial charge is 0.481 e. The highest BCUT2D eigenvalue weighted by Gasteiger charge is 2.15. The Morgan fingerprint density at radius 2 is 1.88 bits per heavy atom. The van der Waals surface area contributed by atoms with Crippen LogP contribution in [0.25, 0.3) is 0 Å². The number of rotatable bonds is 8. The SMILES string of the molecule is CC(=O)c1cccc(OC(C)C(=O)NCCNC2CCCCCC2)c1. The summed E-state index contributed by atoms with van der Waals surface area (Å²) >= 11 is 0. The summed E-state index contributed by atoms with van der Waals surface area (Å²) < 4.78 is 5.65. The number of ketones is 1. The minimum Gasteiger partial charge on any atom is -0.481 e. The number of carbonyl (C=O) groups is 2. The molecule has 1 fully saturated rings. The van der Waals surface area contributed by atoms with Crippen LogP contribution in [-0.2, 0) is 4.79 Å². The van der Waals surface area contributed by atoms with E-state index in [1.807, 2.05) is 0 Å². The lowest BCUT2D eigenvalue weighted by atomic mass is 10.1. The summed E-state index contributed by atoms with van der Waals surface area (Å²) in [7, 11) is 0.